The second kappa shape index (κ2) is 8.15. The van der Waals surface area contributed by atoms with Gasteiger partial charge in [0, 0.05) is 31.0 Å². The van der Waals surface area contributed by atoms with E-state index in [-0.39, 0.29) is 43.0 Å². The summed E-state index contributed by atoms with van der Waals surface area (Å²) >= 11 is 0. The number of halogens is 1. The van der Waals surface area contributed by atoms with E-state index in [9.17, 15) is 9.59 Å². The van der Waals surface area contributed by atoms with Crippen LogP contribution in [0, 0.1) is 12.8 Å². The zero-order valence-corrected chi connectivity index (χ0v) is 13.1. The first-order valence-corrected chi connectivity index (χ1v) is 7.18. The quantitative estimate of drug-likeness (QED) is 0.759. The summed E-state index contributed by atoms with van der Waals surface area (Å²) in [5.74, 6) is 0.484. The van der Waals surface area contributed by atoms with Crippen molar-refractivity contribution in [2.75, 3.05) is 6.54 Å². The third-order valence-corrected chi connectivity index (χ3v) is 3.72. The smallest absolute Gasteiger partial charge is 0.220 e. The molecule has 4 nitrogen and oxygen atoms in total. The highest BCUT2D eigenvalue weighted by atomic mass is 35.5. The van der Waals surface area contributed by atoms with Gasteiger partial charge in [0.15, 0.2) is 5.78 Å². The number of nitrogens with two attached hydrogens (primary N) is 1. The minimum absolute atomic E-state index is 0. The Morgan fingerprint density at radius 3 is 2.43 bits per heavy atom. The summed E-state index contributed by atoms with van der Waals surface area (Å²) in [5.41, 5.74) is 7.69. The van der Waals surface area contributed by atoms with Gasteiger partial charge in [-0.1, -0.05) is 29.8 Å². The molecule has 0 radical (unpaired) electrons. The van der Waals surface area contributed by atoms with Crippen LogP contribution in [-0.2, 0) is 4.79 Å². The van der Waals surface area contributed by atoms with Gasteiger partial charge in [-0.3, -0.25) is 9.59 Å². The summed E-state index contributed by atoms with van der Waals surface area (Å²) in [5, 5.41) is 2.80. The second-order valence-electron chi connectivity index (χ2n) is 5.59. The molecule has 1 aromatic carbocycles. The average molecular weight is 311 g/mol. The molecule has 1 aliphatic carbocycles. The number of carbonyl (C=O) groups is 2. The van der Waals surface area contributed by atoms with Gasteiger partial charge in [-0.25, -0.2) is 0 Å². The molecule has 1 amide bonds. The predicted octanol–water partition coefficient (Wildman–Crippen LogP) is 2.23. The van der Waals surface area contributed by atoms with E-state index in [1.807, 2.05) is 19.1 Å². The van der Waals surface area contributed by atoms with Crippen molar-refractivity contribution in [3.05, 3.63) is 35.4 Å². The first-order valence-electron chi connectivity index (χ1n) is 7.18. The molecule has 0 spiro atoms. The minimum Gasteiger partial charge on any atom is -0.355 e. The number of aryl methyl sites for hydroxylation is 1. The maximum Gasteiger partial charge on any atom is 0.220 e. The van der Waals surface area contributed by atoms with E-state index >= 15 is 0 Å². The van der Waals surface area contributed by atoms with Gasteiger partial charge in [-0.2, -0.15) is 0 Å². The van der Waals surface area contributed by atoms with Gasteiger partial charge < -0.3 is 11.1 Å². The first-order chi connectivity index (χ1) is 9.56. The van der Waals surface area contributed by atoms with E-state index in [2.05, 4.69) is 5.32 Å². The Morgan fingerprint density at radius 1 is 1.24 bits per heavy atom. The number of benzene rings is 1. The van der Waals surface area contributed by atoms with Gasteiger partial charge in [0.2, 0.25) is 5.91 Å². The minimum atomic E-state index is -0.0958. The summed E-state index contributed by atoms with van der Waals surface area (Å²) in [6, 6.07) is 7.48. The van der Waals surface area contributed by atoms with E-state index < -0.39 is 0 Å². The summed E-state index contributed by atoms with van der Waals surface area (Å²) in [6.45, 7) is 2.49. The number of nitrogens with one attached hydrogen (secondary N) is 1. The molecule has 0 aliphatic heterocycles. The van der Waals surface area contributed by atoms with Crippen molar-refractivity contribution < 1.29 is 9.59 Å². The maximum atomic E-state index is 11.9. The van der Waals surface area contributed by atoms with E-state index in [1.54, 1.807) is 12.1 Å². The van der Waals surface area contributed by atoms with Gasteiger partial charge >= 0.3 is 0 Å². The molecule has 0 bridgehead atoms. The van der Waals surface area contributed by atoms with Crippen LogP contribution in [0.5, 0.6) is 0 Å². The molecule has 0 aromatic heterocycles. The van der Waals surface area contributed by atoms with Crippen molar-refractivity contribution in [3.8, 4) is 0 Å². The Labute approximate surface area is 131 Å². The van der Waals surface area contributed by atoms with E-state index in [0.717, 1.165) is 5.56 Å². The molecular weight excluding hydrogens is 288 g/mol. The topological polar surface area (TPSA) is 72.2 Å². The van der Waals surface area contributed by atoms with Crippen LogP contribution < -0.4 is 11.1 Å². The van der Waals surface area contributed by atoms with Gasteiger partial charge in [-0.05, 0) is 25.7 Å². The summed E-state index contributed by atoms with van der Waals surface area (Å²) in [6.07, 6.45) is 2.81. The molecule has 3 N–H and O–H groups in total. The summed E-state index contributed by atoms with van der Waals surface area (Å²) in [7, 11) is 0. The molecule has 116 valence electrons. The summed E-state index contributed by atoms with van der Waals surface area (Å²) in [4.78, 5) is 23.6. The molecule has 21 heavy (non-hydrogen) atoms. The lowest BCUT2D eigenvalue weighted by Crippen LogP contribution is -2.38. The van der Waals surface area contributed by atoms with Crippen molar-refractivity contribution in [3.63, 3.8) is 0 Å². The third kappa shape index (κ3) is 5.86. The highest BCUT2D eigenvalue weighted by Gasteiger charge is 2.28. The zero-order chi connectivity index (χ0) is 14.5. The Kier molecular flexibility index (Phi) is 6.85. The van der Waals surface area contributed by atoms with Crippen molar-refractivity contribution >= 4 is 24.1 Å². The molecule has 0 saturated heterocycles. The number of rotatable bonds is 7. The third-order valence-electron chi connectivity index (χ3n) is 3.72. The highest BCUT2D eigenvalue weighted by Crippen LogP contribution is 2.31. The van der Waals surface area contributed by atoms with Crippen LogP contribution in [0.4, 0.5) is 0 Å². The van der Waals surface area contributed by atoms with E-state index in [4.69, 9.17) is 5.73 Å². The van der Waals surface area contributed by atoms with Crippen LogP contribution >= 0.6 is 12.4 Å². The van der Waals surface area contributed by atoms with Crippen LogP contribution in [0.3, 0.4) is 0 Å². The van der Waals surface area contributed by atoms with Crippen LogP contribution in [-0.4, -0.2) is 24.3 Å². The summed E-state index contributed by atoms with van der Waals surface area (Å²) < 4.78 is 0. The molecule has 1 fully saturated rings. The van der Waals surface area contributed by atoms with Crippen molar-refractivity contribution in [2.24, 2.45) is 11.7 Å². The van der Waals surface area contributed by atoms with Gasteiger partial charge in [0.1, 0.15) is 0 Å². The fourth-order valence-corrected chi connectivity index (χ4v) is 2.12. The maximum absolute atomic E-state index is 11.9. The number of amides is 1. The molecule has 1 unspecified atom stereocenters. The first kappa shape index (κ1) is 17.7. The second-order valence-corrected chi connectivity index (χ2v) is 5.59. The van der Waals surface area contributed by atoms with Crippen LogP contribution in [0.15, 0.2) is 24.3 Å². The fraction of sp³-hybridized carbons (Fsp3) is 0.500. The molecule has 5 heteroatoms. The lowest BCUT2D eigenvalue weighted by atomic mass is 10.0. The standard InChI is InChI=1S/C16H22N2O2.ClH/c1-11-2-4-13(5-3-11)15(19)8-9-16(20)18-10-14(17)12-6-7-12;/h2-5,12,14H,6-10,17H2,1H3,(H,18,20);1H. The molecule has 2 rings (SSSR count). The predicted molar refractivity (Wildman–Crippen MR) is 85.7 cm³/mol. The zero-order valence-electron chi connectivity index (χ0n) is 12.3. The van der Waals surface area contributed by atoms with E-state index in [0.29, 0.717) is 18.0 Å². The molecule has 1 aliphatic rings. The van der Waals surface area contributed by atoms with Crippen molar-refractivity contribution in [1.29, 1.82) is 0 Å². The number of carbonyl (C=O) groups excluding carboxylic acids is 2. The normalized spacial score (nSPS) is 15.0. The molecular formula is C16H23ClN2O2. The fourth-order valence-electron chi connectivity index (χ4n) is 2.12. The SMILES string of the molecule is Cc1ccc(C(=O)CCC(=O)NCC(N)C2CC2)cc1.Cl. The van der Waals surface area contributed by atoms with Gasteiger partial charge in [0.25, 0.3) is 0 Å². The van der Waals surface area contributed by atoms with Crippen LogP contribution in [0.1, 0.15) is 41.6 Å². The number of hydrogen-bond donors (Lipinski definition) is 2. The Bertz CT molecular complexity index is 484. The van der Waals surface area contributed by atoms with Gasteiger partial charge in [-0.15, -0.1) is 12.4 Å². The number of Topliss-reactive ketones (excluding diaryl/α,β-unsaturated/α-hetero) is 1. The van der Waals surface area contributed by atoms with Crippen molar-refractivity contribution in [1.82, 2.24) is 5.32 Å². The monoisotopic (exact) mass is 310 g/mol. The lowest BCUT2D eigenvalue weighted by molar-refractivity contribution is -0.121. The number of ketones is 1. The van der Waals surface area contributed by atoms with Crippen LogP contribution in [0.25, 0.3) is 0 Å². The molecule has 1 atom stereocenters. The largest absolute Gasteiger partial charge is 0.355 e. The van der Waals surface area contributed by atoms with Crippen molar-refractivity contribution in [2.45, 2.75) is 38.6 Å². The number of hydrogen-bond acceptors (Lipinski definition) is 3. The van der Waals surface area contributed by atoms with Gasteiger partial charge in [0.05, 0.1) is 0 Å². The lowest BCUT2D eigenvalue weighted by Gasteiger charge is -2.11. The Hall–Kier alpha value is -1.39. The van der Waals surface area contributed by atoms with E-state index in [1.165, 1.54) is 12.8 Å². The molecule has 0 heterocycles. The average Bonchev–Trinajstić information content (AvgIpc) is 3.27. The van der Waals surface area contributed by atoms with Crippen LogP contribution in [0.2, 0.25) is 0 Å². The Morgan fingerprint density at radius 2 is 1.86 bits per heavy atom. The molecule has 1 saturated carbocycles. The molecule has 1 aromatic rings. The highest BCUT2D eigenvalue weighted by molar-refractivity contribution is 5.97. The Balaban J connectivity index is 0.00000220.